The fourth-order valence-corrected chi connectivity index (χ4v) is 1.99. The Morgan fingerprint density at radius 3 is 2.45 bits per heavy atom. The lowest BCUT2D eigenvalue weighted by molar-refractivity contribution is 0.187. The van der Waals surface area contributed by atoms with Crippen LogP contribution in [0.25, 0.3) is 0 Å². The molecule has 2 aromatic carbocycles. The summed E-state index contributed by atoms with van der Waals surface area (Å²) in [7, 11) is 0. The molecule has 0 aliphatic carbocycles. The Kier molecular flexibility index (Phi) is 5.58. The zero-order chi connectivity index (χ0) is 16.0. The minimum absolute atomic E-state index is 0.108. The topological polar surface area (TPSA) is 41.5 Å². The van der Waals surface area contributed by atoms with Crippen LogP contribution in [0.15, 0.2) is 48.5 Å². The molecule has 0 saturated carbocycles. The molecule has 0 unspecified atom stereocenters. The molecule has 2 rings (SSSR count). The second-order valence-corrected chi connectivity index (χ2v) is 6.32. The molecule has 0 aliphatic heterocycles. The second kappa shape index (κ2) is 7.43. The Morgan fingerprint density at radius 1 is 1.05 bits per heavy atom. The Hall–Kier alpha value is -1.84. The maximum atomic E-state index is 9.27. The predicted molar refractivity (Wildman–Crippen MR) is 90.0 cm³/mol. The molecule has 0 atom stereocenters. The zero-order valence-corrected chi connectivity index (χ0v) is 13.6. The van der Waals surface area contributed by atoms with Crippen molar-refractivity contribution in [2.45, 2.75) is 39.5 Å². The van der Waals surface area contributed by atoms with Gasteiger partial charge >= 0.3 is 0 Å². The number of aliphatic hydroxyl groups is 1. The van der Waals surface area contributed by atoms with Crippen molar-refractivity contribution in [2.75, 3.05) is 6.61 Å². The van der Waals surface area contributed by atoms with Gasteiger partial charge in [0.1, 0.15) is 12.4 Å². The van der Waals surface area contributed by atoms with Crippen LogP contribution >= 0.6 is 0 Å². The molecule has 0 saturated heterocycles. The van der Waals surface area contributed by atoms with Gasteiger partial charge in [-0.2, -0.15) is 0 Å². The van der Waals surface area contributed by atoms with E-state index >= 15 is 0 Å². The van der Waals surface area contributed by atoms with Gasteiger partial charge in [0.15, 0.2) is 0 Å². The quantitative estimate of drug-likeness (QED) is 0.823. The highest BCUT2D eigenvalue weighted by Gasteiger charge is 2.14. The van der Waals surface area contributed by atoms with Crippen LogP contribution in [0.1, 0.15) is 30.5 Å². The van der Waals surface area contributed by atoms with Crippen LogP contribution in [0.5, 0.6) is 5.75 Å². The van der Waals surface area contributed by atoms with Gasteiger partial charge in [0.2, 0.25) is 0 Å². The number of ether oxygens (including phenoxy) is 1. The first-order chi connectivity index (χ1) is 10.5. The third-order valence-corrected chi connectivity index (χ3v) is 3.59. The molecule has 22 heavy (non-hydrogen) atoms. The number of hydrogen-bond acceptors (Lipinski definition) is 3. The summed E-state index contributed by atoms with van der Waals surface area (Å²) in [6, 6.07) is 16.4. The monoisotopic (exact) mass is 299 g/mol. The van der Waals surface area contributed by atoms with Crippen LogP contribution in [-0.2, 0) is 13.2 Å². The lowest BCUT2D eigenvalue weighted by Gasteiger charge is -2.23. The second-order valence-electron chi connectivity index (χ2n) is 6.32. The zero-order valence-electron chi connectivity index (χ0n) is 13.6. The van der Waals surface area contributed by atoms with Gasteiger partial charge in [-0.3, -0.25) is 0 Å². The van der Waals surface area contributed by atoms with Crippen molar-refractivity contribution in [1.29, 1.82) is 0 Å². The van der Waals surface area contributed by atoms with Crippen LogP contribution in [0, 0.1) is 6.92 Å². The van der Waals surface area contributed by atoms with Crippen LogP contribution in [0.4, 0.5) is 0 Å². The molecule has 0 aliphatic rings. The molecule has 0 heterocycles. The number of aliphatic hydroxyl groups excluding tert-OH is 1. The molecule has 0 fully saturated rings. The minimum atomic E-state index is -0.279. The minimum Gasteiger partial charge on any atom is -0.489 e. The highest BCUT2D eigenvalue weighted by atomic mass is 16.5. The summed E-state index contributed by atoms with van der Waals surface area (Å²) in [6.45, 7) is 7.41. The fourth-order valence-electron chi connectivity index (χ4n) is 1.99. The third kappa shape index (κ3) is 5.17. The number of aryl methyl sites for hydroxylation is 1. The van der Waals surface area contributed by atoms with E-state index < -0.39 is 0 Å². The molecule has 0 spiro atoms. The smallest absolute Gasteiger partial charge is 0.120 e. The van der Waals surface area contributed by atoms with Crippen LogP contribution in [-0.4, -0.2) is 17.3 Å². The molecule has 2 N–H and O–H groups in total. The third-order valence-electron chi connectivity index (χ3n) is 3.59. The molecule has 0 amide bonds. The van der Waals surface area contributed by atoms with Gasteiger partial charge in [-0.15, -0.1) is 0 Å². The highest BCUT2D eigenvalue weighted by Crippen LogP contribution is 2.16. The van der Waals surface area contributed by atoms with E-state index in [1.54, 1.807) is 0 Å². The molecule has 0 radical (unpaired) electrons. The Labute approximate surface area is 133 Å². The number of nitrogens with one attached hydrogen (secondary N) is 1. The van der Waals surface area contributed by atoms with Gasteiger partial charge < -0.3 is 15.2 Å². The number of benzene rings is 2. The van der Waals surface area contributed by atoms with E-state index in [2.05, 4.69) is 42.6 Å². The summed E-state index contributed by atoms with van der Waals surface area (Å²) in [5.74, 6) is 0.863. The van der Waals surface area contributed by atoms with Gasteiger partial charge in [0.25, 0.3) is 0 Å². The van der Waals surface area contributed by atoms with E-state index in [0.717, 1.165) is 16.9 Å². The van der Waals surface area contributed by atoms with Crippen molar-refractivity contribution in [1.82, 2.24) is 5.32 Å². The Balaban J connectivity index is 1.92. The van der Waals surface area contributed by atoms with Crippen LogP contribution in [0.2, 0.25) is 0 Å². The SMILES string of the molecule is Cc1ccc(COc2cccc(CNC(C)(C)CO)c2)cc1. The molecule has 3 nitrogen and oxygen atoms in total. The molecule has 3 heteroatoms. The summed E-state index contributed by atoms with van der Waals surface area (Å²) in [6.07, 6.45) is 0. The lowest BCUT2D eigenvalue weighted by atomic mass is 10.1. The first-order valence-corrected chi connectivity index (χ1v) is 7.62. The van der Waals surface area contributed by atoms with E-state index in [1.807, 2.05) is 32.0 Å². The first kappa shape index (κ1) is 16.5. The first-order valence-electron chi connectivity index (χ1n) is 7.62. The average Bonchev–Trinajstić information content (AvgIpc) is 2.53. The van der Waals surface area contributed by atoms with Gasteiger partial charge in [0.05, 0.1) is 6.61 Å². The van der Waals surface area contributed by atoms with Crippen molar-refractivity contribution in [2.24, 2.45) is 0 Å². The van der Waals surface area contributed by atoms with E-state index in [9.17, 15) is 5.11 Å². The Morgan fingerprint density at radius 2 is 1.77 bits per heavy atom. The van der Waals surface area contributed by atoms with E-state index in [-0.39, 0.29) is 12.1 Å². The average molecular weight is 299 g/mol. The Bertz CT molecular complexity index is 591. The molecule has 2 aromatic rings. The predicted octanol–water partition coefficient (Wildman–Crippen LogP) is 3.43. The number of rotatable bonds is 7. The maximum Gasteiger partial charge on any atom is 0.120 e. The number of hydrogen-bond donors (Lipinski definition) is 2. The van der Waals surface area contributed by atoms with Crippen molar-refractivity contribution >= 4 is 0 Å². The molecular formula is C19H25NO2. The van der Waals surface area contributed by atoms with Crippen LogP contribution in [0.3, 0.4) is 0 Å². The van der Waals surface area contributed by atoms with Crippen molar-refractivity contribution < 1.29 is 9.84 Å². The summed E-state index contributed by atoms with van der Waals surface area (Å²) < 4.78 is 5.85. The largest absolute Gasteiger partial charge is 0.489 e. The van der Waals surface area contributed by atoms with E-state index in [0.29, 0.717) is 13.2 Å². The molecule has 0 aromatic heterocycles. The molecular weight excluding hydrogens is 274 g/mol. The van der Waals surface area contributed by atoms with Gasteiger partial charge in [-0.1, -0.05) is 42.0 Å². The lowest BCUT2D eigenvalue weighted by Crippen LogP contribution is -2.42. The fraction of sp³-hybridized carbons (Fsp3) is 0.368. The van der Waals surface area contributed by atoms with Gasteiger partial charge in [0, 0.05) is 12.1 Å². The van der Waals surface area contributed by atoms with Crippen molar-refractivity contribution in [3.8, 4) is 5.75 Å². The summed E-state index contributed by atoms with van der Waals surface area (Å²) >= 11 is 0. The van der Waals surface area contributed by atoms with Gasteiger partial charge in [-0.25, -0.2) is 0 Å². The molecule has 0 bridgehead atoms. The van der Waals surface area contributed by atoms with Gasteiger partial charge in [-0.05, 0) is 44.0 Å². The van der Waals surface area contributed by atoms with Crippen molar-refractivity contribution in [3.63, 3.8) is 0 Å². The summed E-state index contributed by atoms with van der Waals surface area (Å²) in [5, 5.41) is 12.6. The maximum absolute atomic E-state index is 9.27. The summed E-state index contributed by atoms with van der Waals surface area (Å²) in [4.78, 5) is 0. The normalized spacial score (nSPS) is 11.5. The van der Waals surface area contributed by atoms with E-state index in [1.165, 1.54) is 5.56 Å². The summed E-state index contributed by atoms with van der Waals surface area (Å²) in [5.41, 5.74) is 3.28. The van der Waals surface area contributed by atoms with Crippen LogP contribution < -0.4 is 10.1 Å². The van der Waals surface area contributed by atoms with Crippen molar-refractivity contribution in [3.05, 3.63) is 65.2 Å². The highest BCUT2D eigenvalue weighted by molar-refractivity contribution is 5.29. The standard InChI is InChI=1S/C19H25NO2/c1-15-7-9-16(10-8-15)13-22-18-6-4-5-17(11-18)12-20-19(2,3)14-21/h4-11,20-21H,12-14H2,1-3H3. The molecule has 118 valence electrons. The van der Waals surface area contributed by atoms with E-state index in [4.69, 9.17) is 4.74 Å².